The molecule has 0 bridgehead atoms. The van der Waals surface area contributed by atoms with Crippen LogP contribution in [0.25, 0.3) is 10.9 Å². The zero-order chi connectivity index (χ0) is 18.2. The van der Waals surface area contributed by atoms with Crippen LogP contribution in [0.3, 0.4) is 0 Å². The van der Waals surface area contributed by atoms with E-state index in [1.807, 2.05) is 12.1 Å². The van der Waals surface area contributed by atoms with E-state index in [2.05, 4.69) is 39.3 Å². The number of nitrogens with one attached hydrogen (secondary N) is 1. The van der Waals surface area contributed by atoms with Crippen molar-refractivity contribution in [3.63, 3.8) is 0 Å². The molecule has 6 heteroatoms. The van der Waals surface area contributed by atoms with Crippen LogP contribution in [-0.2, 0) is 11.3 Å². The van der Waals surface area contributed by atoms with E-state index in [0.29, 0.717) is 31.2 Å². The van der Waals surface area contributed by atoms with Gasteiger partial charge in [0.15, 0.2) is 0 Å². The van der Waals surface area contributed by atoms with Crippen LogP contribution in [-0.4, -0.2) is 42.3 Å². The topological polar surface area (TPSA) is 65.4 Å². The van der Waals surface area contributed by atoms with Crippen molar-refractivity contribution in [3.05, 3.63) is 60.4 Å². The molecule has 0 unspecified atom stereocenters. The van der Waals surface area contributed by atoms with E-state index in [0.717, 1.165) is 13.0 Å². The van der Waals surface area contributed by atoms with E-state index >= 15 is 0 Å². The molecule has 2 aromatic heterocycles. The quantitative estimate of drug-likeness (QED) is 0.601. The van der Waals surface area contributed by atoms with Gasteiger partial charge in [-0.2, -0.15) is 0 Å². The Bertz CT molecular complexity index is 860. The molecule has 136 valence electrons. The first-order valence-electron chi connectivity index (χ1n) is 8.68. The van der Waals surface area contributed by atoms with Gasteiger partial charge in [0.1, 0.15) is 12.2 Å². The lowest BCUT2D eigenvalue weighted by Gasteiger charge is -2.11. The van der Waals surface area contributed by atoms with Gasteiger partial charge in [-0.15, -0.1) is 0 Å². The number of aromatic nitrogens is 2. The minimum atomic E-state index is -0.178. The van der Waals surface area contributed by atoms with Gasteiger partial charge in [-0.05, 0) is 36.1 Å². The molecule has 0 fully saturated rings. The fourth-order valence-electron chi connectivity index (χ4n) is 2.78. The van der Waals surface area contributed by atoms with E-state index in [-0.39, 0.29) is 5.91 Å². The summed E-state index contributed by atoms with van der Waals surface area (Å²) in [6, 6.07) is 13.8. The van der Waals surface area contributed by atoms with Gasteiger partial charge in [-0.3, -0.25) is 4.79 Å². The first-order valence-corrected chi connectivity index (χ1v) is 8.68. The highest BCUT2D eigenvalue weighted by molar-refractivity contribution is 5.96. The minimum Gasteiger partial charge on any atom is -0.475 e. The third kappa shape index (κ3) is 4.40. The molecule has 0 aliphatic heterocycles. The first-order chi connectivity index (χ1) is 12.8. The standard InChI is InChI=1S/C20H23N3O3/c1-25-14-15-26-20-17(7-4-10-22-20)19(24)21-11-5-12-23-13-9-16-6-2-3-8-18(16)23/h2-4,6-10,13H,5,11-12,14-15H2,1H3,(H,21,24). The third-order valence-corrected chi connectivity index (χ3v) is 4.08. The van der Waals surface area contributed by atoms with Crippen LogP contribution in [0, 0.1) is 0 Å². The summed E-state index contributed by atoms with van der Waals surface area (Å²) in [5.41, 5.74) is 1.65. The summed E-state index contributed by atoms with van der Waals surface area (Å²) in [4.78, 5) is 16.5. The molecule has 0 radical (unpaired) electrons. The molecule has 0 spiro atoms. The average molecular weight is 353 g/mol. The number of hydrogen-bond acceptors (Lipinski definition) is 4. The number of nitrogens with zero attached hydrogens (tertiary/aromatic N) is 2. The van der Waals surface area contributed by atoms with Crippen LogP contribution >= 0.6 is 0 Å². The van der Waals surface area contributed by atoms with Crippen LogP contribution in [0.4, 0.5) is 0 Å². The van der Waals surface area contributed by atoms with Gasteiger partial charge in [0.2, 0.25) is 5.88 Å². The second-order valence-electron chi connectivity index (χ2n) is 5.87. The normalized spacial score (nSPS) is 10.8. The van der Waals surface area contributed by atoms with Gasteiger partial charge in [0.05, 0.1) is 6.61 Å². The number of ether oxygens (including phenoxy) is 2. The van der Waals surface area contributed by atoms with Crippen LogP contribution < -0.4 is 10.1 Å². The van der Waals surface area contributed by atoms with Gasteiger partial charge in [0.25, 0.3) is 5.91 Å². The molecule has 26 heavy (non-hydrogen) atoms. The van der Waals surface area contributed by atoms with Crippen LogP contribution in [0.2, 0.25) is 0 Å². The Morgan fingerprint density at radius 2 is 2.04 bits per heavy atom. The lowest BCUT2D eigenvalue weighted by atomic mass is 10.2. The molecule has 1 amide bonds. The molecule has 3 rings (SSSR count). The van der Waals surface area contributed by atoms with Gasteiger partial charge >= 0.3 is 0 Å². The van der Waals surface area contributed by atoms with Crippen molar-refractivity contribution in [2.75, 3.05) is 26.9 Å². The summed E-state index contributed by atoms with van der Waals surface area (Å²) in [6.45, 7) is 2.23. The Labute approximate surface area is 152 Å². The maximum atomic E-state index is 12.4. The fraction of sp³-hybridized carbons (Fsp3) is 0.300. The minimum absolute atomic E-state index is 0.178. The molecule has 0 saturated heterocycles. The van der Waals surface area contributed by atoms with Gasteiger partial charge in [-0.1, -0.05) is 18.2 Å². The van der Waals surface area contributed by atoms with Crippen LogP contribution in [0.5, 0.6) is 5.88 Å². The number of para-hydroxylation sites is 1. The maximum absolute atomic E-state index is 12.4. The van der Waals surface area contributed by atoms with Crippen LogP contribution in [0.15, 0.2) is 54.9 Å². The number of aryl methyl sites for hydroxylation is 1. The lowest BCUT2D eigenvalue weighted by Crippen LogP contribution is -2.26. The van der Waals surface area contributed by atoms with E-state index in [4.69, 9.17) is 9.47 Å². The molecule has 1 aromatic carbocycles. The summed E-state index contributed by atoms with van der Waals surface area (Å²) in [5.74, 6) is 0.154. The molecule has 0 aliphatic carbocycles. The molecule has 0 saturated carbocycles. The van der Waals surface area contributed by atoms with Crippen molar-refractivity contribution in [2.45, 2.75) is 13.0 Å². The van der Waals surface area contributed by atoms with E-state index in [1.54, 1.807) is 25.4 Å². The van der Waals surface area contributed by atoms with Crippen molar-refractivity contribution in [1.29, 1.82) is 0 Å². The Morgan fingerprint density at radius 1 is 1.15 bits per heavy atom. The van der Waals surface area contributed by atoms with Crippen molar-refractivity contribution in [2.24, 2.45) is 0 Å². The summed E-state index contributed by atoms with van der Waals surface area (Å²) < 4.78 is 12.7. The van der Waals surface area contributed by atoms with Gasteiger partial charge in [-0.25, -0.2) is 4.98 Å². The molecule has 6 nitrogen and oxygen atoms in total. The smallest absolute Gasteiger partial charge is 0.256 e. The Kier molecular flexibility index (Phi) is 6.22. The van der Waals surface area contributed by atoms with Crippen molar-refractivity contribution in [3.8, 4) is 5.88 Å². The van der Waals surface area contributed by atoms with E-state index in [9.17, 15) is 4.79 Å². The zero-order valence-corrected chi connectivity index (χ0v) is 14.9. The second-order valence-corrected chi connectivity index (χ2v) is 5.87. The third-order valence-electron chi connectivity index (χ3n) is 4.08. The number of methoxy groups -OCH3 is 1. The Morgan fingerprint density at radius 3 is 2.92 bits per heavy atom. The van der Waals surface area contributed by atoms with E-state index in [1.165, 1.54) is 10.9 Å². The molecule has 1 N–H and O–H groups in total. The monoisotopic (exact) mass is 353 g/mol. The molecule has 0 atom stereocenters. The summed E-state index contributed by atoms with van der Waals surface area (Å²) >= 11 is 0. The highest BCUT2D eigenvalue weighted by Crippen LogP contribution is 2.16. The number of carbonyl (C=O) groups is 1. The highest BCUT2D eigenvalue weighted by Gasteiger charge is 2.13. The van der Waals surface area contributed by atoms with Crippen molar-refractivity contribution >= 4 is 16.8 Å². The first kappa shape index (κ1) is 17.9. The Balaban J connectivity index is 1.51. The molecule has 3 aromatic rings. The number of benzene rings is 1. The molecular formula is C20H23N3O3. The summed E-state index contributed by atoms with van der Waals surface area (Å²) in [6.07, 6.45) is 4.52. The highest BCUT2D eigenvalue weighted by atomic mass is 16.5. The number of rotatable bonds is 9. The van der Waals surface area contributed by atoms with Gasteiger partial charge < -0.3 is 19.4 Å². The average Bonchev–Trinajstić information content (AvgIpc) is 3.09. The van der Waals surface area contributed by atoms with Crippen LogP contribution in [0.1, 0.15) is 16.8 Å². The van der Waals surface area contributed by atoms with Gasteiger partial charge in [0, 0.05) is 38.1 Å². The van der Waals surface area contributed by atoms with Crippen molar-refractivity contribution in [1.82, 2.24) is 14.9 Å². The number of pyridine rings is 1. The SMILES string of the molecule is COCCOc1ncccc1C(=O)NCCCn1ccc2ccccc21. The van der Waals surface area contributed by atoms with Crippen molar-refractivity contribution < 1.29 is 14.3 Å². The fourth-order valence-corrected chi connectivity index (χ4v) is 2.78. The predicted molar refractivity (Wildman–Crippen MR) is 100 cm³/mol. The second kappa shape index (κ2) is 9.01. The predicted octanol–water partition coefficient (Wildman–Crippen LogP) is 2.88. The summed E-state index contributed by atoms with van der Waals surface area (Å²) in [7, 11) is 1.60. The molecular weight excluding hydrogens is 330 g/mol. The maximum Gasteiger partial charge on any atom is 0.256 e. The summed E-state index contributed by atoms with van der Waals surface area (Å²) in [5, 5.41) is 4.16. The van der Waals surface area contributed by atoms with E-state index < -0.39 is 0 Å². The number of carbonyl (C=O) groups excluding carboxylic acids is 1. The number of amides is 1. The largest absolute Gasteiger partial charge is 0.475 e. The lowest BCUT2D eigenvalue weighted by molar-refractivity contribution is 0.0943. The molecule has 0 aliphatic rings. The number of hydrogen-bond donors (Lipinski definition) is 1. The molecule has 2 heterocycles. The Hall–Kier alpha value is -2.86. The zero-order valence-electron chi connectivity index (χ0n) is 14.9. The number of fused-ring (bicyclic) bond motifs is 1.